The van der Waals surface area contributed by atoms with Crippen LogP contribution in [0.1, 0.15) is 48.6 Å². The lowest BCUT2D eigenvalue weighted by Gasteiger charge is -2.22. The number of oxazole rings is 1. The number of hydrogen-bond donors (Lipinski definition) is 1. The molecular weight excluding hydrogens is 656 g/mol. The van der Waals surface area contributed by atoms with Gasteiger partial charge < -0.3 is 19.0 Å². The highest BCUT2D eigenvalue weighted by molar-refractivity contribution is 5.84. The molecule has 2 aliphatic heterocycles. The van der Waals surface area contributed by atoms with Gasteiger partial charge in [-0.2, -0.15) is 8.78 Å². The van der Waals surface area contributed by atoms with Crippen molar-refractivity contribution in [3.05, 3.63) is 77.1 Å². The maximum absolute atomic E-state index is 13.5. The van der Waals surface area contributed by atoms with Gasteiger partial charge in [-0.25, -0.2) is 9.97 Å². The number of halogens is 2. The quantitative estimate of drug-likeness (QED) is 0.147. The van der Waals surface area contributed by atoms with Gasteiger partial charge in [0, 0.05) is 42.4 Å². The molecule has 0 spiro atoms. The molecule has 2 aliphatic rings. The van der Waals surface area contributed by atoms with Crippen LogP contribution in [0, 0.1) is 19.8 Å². The predicted molar refractivity (Wildman–Crippen MR) is 189 cm³/mol. The highest BCUT2D eigenvalue weighted by Gasteiger charge is 2.31. The first-order chi connectivity index (χ1) is 24.6. The van der Waals surface area contributed by atoms with Gasteiger partial charge in [0.25, 0.3) is 0 Å². The summed E-state index contributed by atoms with van der Waals surface area (Å²) in [6.07, 6.45) is 4.21. The Morgan fingerprint density at radius 2 is 1.73 bits per heavy atom. The van der Waals surface area contributed by atoms with Crippen LogP contribution in [0.25, 0.3) is 44.9 Å². The van der Waals surface area contributed by atoms with Crippen molar-refractivity contribution < 1.29 is 32.6 Å². The number of methoxy groups -OCH3 is 1. The largest absolute Gasteiger partial charge is 0.480 e. The Balaban J connectivity index is 1.21. The van der Waals surface area contributed by atoms with Gasteiger partial charge in [-0.05, 0) is 86.5 Å². The van der Waals surface area contributed by atoms with Crippen LogP contribution in [0.3, 0.4) is 0 Å². The fourth-order valence-electron chi connectivity index (χ4n) is 7.50. The molecule has 12 heteroatoms. The molecule has 266 valence electrons. The number of likely N-dealkylation sites (tertiary alicyclic amines) is 2. The number of fused-ring (bicyclic) bond motifs is 1. The highest BCUT2D eigenvalue weighted by Crippen LogP contribution is 2.39. The van der Waals surface area contributed by atoms with Crippen molar-refractivity contribution in [2.24, 2.45) is 5.92 Å². The topological polar surface area (TPSA) is 114 Å². The molecule has 10 nitrogen and oxygen atoms in total. The summed E-state index contributed by atoms with van der Waals surface area (Å²) >= 11 is 0. The van der Waals surface area contributed by atoms with E-state index in [4.69, 9.17) is 28.8 Å². The molecule has 5 aromatic rings. The van der Waals surface area contributed by atoms with Crippen LogP contribution in [0.5, 0.6) is 11.6 Å². The molecular formula is C39H41F2N5O5. The normalized spacial score (nSPS) is 18.3. The zero-order valence-corrected chi connectivity index (χ0v) is 29.2. The summed E-state index contributed by atoms with van der Waals surface area (Å²) in [7, 11) is 1.63. The molecule has 4 heterocycles. The monoisotopic (exact) mass is 697 g/mol. The number of alkyl halides is 2. The number of ether oxygens (including phenoxy) is 2. The number of aromatic nitrogens is 3. The highest BCUT2D eigenvalue weighted by atomic mass is 19.3. The van der Waals surface area contributed by atoms with Crippen LogP contribution in [0.15, 0.2) is 59.1 Å². The second-order valence-corrected chi connectivity index (χ2v) is 13.6. The molecule has 0 aliphatic carbocycles. The number of carboxylic acids is 1. The van der Waals surface area contributed by atoms with E-state index in [1.807, 2.05) is 43.5 Å². The maximum Gasteiger partial charge on any atom is 0.387 e. The predicted octanol–water partition coefficient (Wildman–Crippen LogP) is 7.74. The summed E-state index contributed by atoms with van der Waals surface area (Å²) in [5.41, 5.74) is 8.34. The van der Waals surface area contributed by atoms with Crippen LogP contribution in [0.2, 0.25) is 0 Å². The molecule has 0 saturated carbocycles. The van der Waals surface area contributed by atoms with Gasteiger partial charge in [-0.3, -0.25) is 19.6 Å². The van der Waals surface area contributed by atoms with E-state index in [1.165, 1.54) is 12.5 Å². The van der Waals surface area contributed by atoms with Crippen molar-refractivity contribution in [2.45, 2.75) is 65.8 Å². The Morgan fingerprint density at radius 3 is 2.41 bits per heavy atom. The summed E-state index contributed by atoms with van der Waals surface area (Å²) in [5, 5.41) is 9.65. The van der Waals surface area contributed by atoms with Crippen molar-refractivity contribution in [1.82, 2.24) is 24.8 Å². The van der Waals surface area contributed by atoms with Crippen LogP contribution in [-0.2, 0) is 17.9 Å². The van der Waals surface area contributed by atoms with Gasteiger partial charge >= 0.3 is 12.6 Å². The maximum atomic E-state index is 13.5. The average molecular weight is 698 g/mol. The Bertz CT molecular complexity index is 2090. The van der Waals surface area contributed by atoms with Gasteiger partial charge in [0.15, 0.2) is 5.58 Å². The first kappa shape index (κ1) is 34.5. The number of aliphatic carboxylic acids is 1. The second kappa shape index (κ2) is 14.4. The Hall–Kier alpha value is -4.94. The average Bonchev–Trinajstić information content (AvgIpc) is 3.85. The van der Waals surface area contributed by atoms with Crippen molar-refractivity contribution >= 4 is 17.1 Å². The lowest BCUT2D eigenvalue weighted by Crippen LogP contribution is -2.35. The first-order valence-electron chi connectivity index (χ1n) is 17.3. The molecule has 2 atom stereocenters. The van der Waals surface area contributed by atoms with Crippen molar-refractivity contribution in [3.8, 4) is 45.5 Å². The standard InChI is InChI=1S/C39H41F2N5O5/c1-22-13-15-45(19-22)21-32-37(49-4)44-31(18-42-32)28-10-5-8-26(23(28)2)27-9-6-11-29(24(27)3)36-43-30-16-25(20-46-14-7-12-33(46)38(47)48)34(51-39(40)41)17-35(30)50-36/h5-6,8-11,16-18,22,33,39H,7,12-15,19-21H2,1-4H3,(H,47,48)/t22-,33+/m1/s1. The third kappa shape index (κ3) is 7.02. The van der Waals surface area contributed by atoms with Gasteiger partial charge in [-0.15, -0.1) is 0 Å². The van der Waals surface area contributed by atoms with Crippen LogP contribution in [-0.4, -0.2) is 75.2 Å². The van der Waals surface area contributed by atoms with E-state index in [0.29, 0.717) is 60.3 Å². The number of rotatable bonds is 11. The summed E-state index contributed by atoms with van der Waals surface area (Å²) in [6, 6.07) is 14.4. The minimum absolute atomic E-state index is 0.0624. The SMILES string of the molecule is COc1nc(-c2cccc(-c3cccc(-c4nc5cc(CN6CCC[C@H]6C(=O)O)c(OC(F)F)cc5o4)c3C)c2C)cnc1CN1CC[C@@H](C)C1. The summed E-state index contributed by atoms with van der Waals surface area (Å²) in [5.74, 6) is 0.539. The van der Waals surface area contributed by atoms with Gasteiger partial charge in [-0.1, -0.05) is 37.3 Å². The summed E-state index contributed by atoms with van der Waals surface area (Å²) in [6.45, 7) is 6.73. The van der Waals surface area contributed by atoms with Crippen molar-refractivity contribution in [2.75, 3.05) is 26.7 Å². The van der Waals surface area contributed by atoms with Gasteiger partial charge in [0.1, 0.15) is 23.0 Å². The van der Waals surface area contributed by atoms with E-state index in [1.54, 1.807) is 18.1 Å². The molecule has 2 saturated heterocycles. The molecule has 0 amide bonds. The molecule has 3 aromatic carbocycles. The zero-order valence-electron chi connectivity index (χ0n) is 29.2. The molecule has 2 aromatic heterocycles. The van der Waals surface area contributed by atoms with E-state index >= 15 is 0 Å². The van der Waals surface area contributed by atoms with E-state index < -0.39 is 18.6 Å². The fraction of sp³-hybridized carbons (Fsp3) is 0.385. The number of carbonyl (C=O) groups is 1. The van der Waals surface area contributed by atoms with E-state index in [2.05, 4.69) is 24.8 Å². The zero-order chi connectivity index (χ0) is 35.8. The molecule has 7 rings (SSSR count). The van der Waals surface area contributed by atoms with Crippen LogP contribution >= 0.6 is 0 Å². The molecule has 0 radical (unpaired) electrons. The minimum Gasteiger partial charge on any atom is -0.480 e. The van der Waals surface area contributed by atoms with Crippen LogP contribution < -0.4 is 9.47 Å². The Morgan fingerprint density at radius 1 is 1.00 bits per heavy atom. The Labute approximate surface area is 295 Å². The fourth-order valence-corrected chi connectivity index (χ4v) is 7.50. The van der Waals surface area contributed by atoms with Gasteiger partial charge in [0.05, 0.1) is 19.0 Å². The number of carboxylic acid groups (broad SMARTS) is 1. The van der Waals surface area contributed by atoms with E-state index in [9.17, 15) is 18.7 Å². The third-order valence-corrected chi connectivity index (χ3v) is 10.2. The lowest BCUT2D eigenvalue weighted by molar-refractivity contribution is -0.142. The third-order valence-electron chi connectivity index (χ3n) is 10.2. The van der Waals surface area contributed by atoms with Crippen molar-refractivity contribution in [1.29, 1.82) is 0 Å². The van der Waals surface area contributed by atoms with E-state index in [-0.39, 0.29) is 12.3 Å². The molecule has 2 fully saturated rings. The van der Waals surface area contributed by atoms with E-state index in [0.717, 1.165) is 57.9 Å². The first-order valence-corrected chi connectivity index (χ1v) is 17.3. The number of benzene rings is 3. The molecule has 51 heavy (non-hydrogen) atoms. The summed E-state index contributed by atoms with van der Waals surface area (Å²) in [4.78, 5) is 30.4. The second-order valence-electron chi connectivity index (χ2n) is 13.6. The number of nitrogens with zero attached hydrogens (tertiary/aromatic N) is 5. The lowest BCUT2D eigenvalue weighted by atomic mass is 9.90. The summed E-state index contributed by atoms with van der Waals surface area (Å²) < 4.78 is 43.7. The minimum atomic E-state index is -3.06. The van der Waals surface area contributed by atoms with Gasteiger partial charge in [0.2, 0.25) is 11.8 Å². The molecule has 1 N–H and O–H groups in total. The Kier molecular flexibility index (Phi) is 9.71. The number of hydrogen-bond acceptors (Lipinski definition) is 9. The van der Waals surface area contributed by atoms with Crippen LogP contribution in [0.4, 0.5) is 8.78 Å². The molecule has 0 unspecified atom stereocenters. The molecule has 0 bridgehead atoms. The smallest absolute Gasteiger partial charge is 0.387 e. The van der Waals surface area contributed by atoms with Crippen molar-refractivity contribution in [3.63, 3.8) is 0 Å².